The van der Waals surface area contributed by atoms with Gasteiger partial charge in [0.05, 0.1) is 0 Å². The number of hydrogen-bond donors (Lipinski definition) is 1. The zero-order valence-electron chi connectivity index (χ0n) is 9.95. The molecule has 88 valence electrons. The van der Waals surface area contributed by atoms with Crippen LogP contribution >= 0.6 is 0 Å². The molecule has 2 atom stereocenters. The first-order valence-electron chi connectivity index (χ1n) is 5.67. The van der Waals surface area contributed by atoms with E-state index in [-0.39, 0.29) is 5.91 Å². The van der Waals surface area contributed by atoms with Gasteiger partial charge in [0.15, 0.2) is 0 Å². The van der Waals surface area contributed by atoms with Crippen LogP contribution in [0.25, 0.3) is 0 Å². The molecule has 0 radical (unpaired) electrons. The second-order valence-corrected chi connectivity index (χ2v) is 4.25. The van der Waals surface area contributed by atoms with E-state index in [0.29, 0.717) is 25.1 Å². The number of nitrogens with zero attached hydrogens (tertiary/aromatic N) is 1. The van der Waals surface area contributed by atoms with Gasteiger partial charge in [-0.05, 0) is 20.3 Å². The smallest absolute Gasteiger partial charge is 0.223 e. The summed E-state index contributed by atoms with van der Waals surface area (Å²) in [5.74, 6) is 0.258. The number of methoxy groups -OCH3 is 1. The lowest BCUT2D eigenvalue weighted by Crippen LogP contribution is -2.57. The maximum absolute atomic E-state index is 11.9. The predicted molar refractivity (Wildman–Crippen MR) is 59.7 cm³/mol. The summed E-state index contributed by atoms with van der Waals surface area (Å²) in [4.78, 5) is 13.9. The minimum Gasteiger partial charge on any atom is -0.385 e. The SMILES string of the molecule is COCCCC(=O)N1C(C)CNCC1C. The van der Waals surface area contributed by atoms with E-state index in [2.05, 4.69) is 19.2 Å². The van der Waals surface area contributed by atoms with E-state index in [4.69, 9.17) is 4.74 Å². The number of piperazine rings is 1. The number of carbonyl (C=O) groups excluding carboxylic acids is 1. The van der Waals surface area contributed by atoms with Gasteiger partial charge in [-0.25, -0.2) is 0 Å². The average Bonchev–Trinajstić information content (AvgIpc) is 2.18. The molecular formula is C11H22N2O2. The van der Waals surface area contributed by atoms with E-state index >= 15 is 0 Å². The highest BCUT2D eigenvalue weighted by Crippen LogP contribution is 2.12. The van der Waals surface area contributed by atoms with Crippen LogP contribution in [-0.2, 0) is 9.53 Å². The van der Waals surface area contributed by atoms with Crippen LogP contribution in [0.1, 0.15) is 26.7 Å². The summed E-state index contributed by atoms with van der Waals surface area (Å²) in [5.41, 5.74) is 0. The van der Waals surface area contributed by atoms with Crippen molar-refractivity contribution in [3.8, 4) is 0 Å². The third-order valence-electron chi connectivity index (χ3n) is 2.86. The highest BCUT2D eigenvalue weighted by atomic mass is 16.5. The Hall–Kier alpha value is -0.610. The summed E-state index contributed by atoms with van der Waals surface area (Å²) in [7, 11) is 1.67. The fourth-order valence-corrected chi connectivity index (χ4v) is 2.12. The van der Waals surface area contributed by atoms with Gasteiger partial charge in [-0.2, -0.15) is 0 Å². The van der Waals surface area contributed by atoms with Gasteiger partial charge in [0, 0.05) is 45.3 Å². The van der Waals surface area contributed by atoms with Crippen molar-refractivity contribution in [3.63, 3.8) is 0 Å². The Balaban J connectivity index is 2.41. The number of amides is 1. The highest BCUT2D eigenvalue weighted by molar-refractivity contribution is 5.77. The molecule has 1 N–H and O–H groups in total. The Labute approximate surface area is 92.0 Å². The van der Waals surface area contributed by atoms with Gasteiger partial charge in [-0.3, -0.25) is 4.79 Å². The molecule has 4 nitrogen and oxygen atoms in total. The fraction of sp³-hybridized carbons (Fsp3) is 0.909. The molecule has 1 aliphatic rings. The minimum atomic E-state index is 0.258. The van der Waals surface area contributed by atoms with Gasteiger partial charge < -0.3 is 15.0 Å². The highest BCUT2D eigenvalue weighted by Gasteiger charge is 2.27. The van der Waals surface area contributed by atoms with E-state index < -0.39 is 0 Å². The van der Waals surface area contributed by atoms with Crippen molar-refractivity contribution in [2.75, 3.05) is 26.8 Å². The van der Waals surface area contributed by atoms with Crippen LogP contribution in [0.15, 0.2) is 0 Å². The van der Waals surface area contributed by atoms with Crippen LogP contribution < -0.4 is 5.32 Å². The average molecular weight is 214 g/mol. The minimum absolute atomic E-state index is 0.258. The van der Waals surface area contributed by atoms with Crippen LogP contribution in [0.2, 0.25) is 0 Å². The first kappa shape index (κ1) is 12.5. The summed E-state index contributed by atoms with van der Waals surface area (Å²) in [6.07, 6.45) is 1.42. The largest absolute Gasteiger partial charge is 0.385 e. The standard InChI is InChI=1S/C11H22N2O2/c1-9-7-12-8-10(2)13(9)11(14)5-4-6-15-3/h9-10,12H,4-8H2,1-3H3. The molecule has 1 amide bonds. The number of hydrogen-bond acceptors (Lipinski definition) is 3. The topological polar surface area (TPSA) is 41.6 Å². The van der Waals surface area contributed by atoms with E-state index in [9.17, 15) is 4.79 Å². The third kappa shape index (κ3) is 3.47. The van der Waals surface area contributed by atoms with Crippen molar-refractivity contribution in [1.82, 2.24) is 10.2 Å². The van der Waals surface area contributed by atoms with Crippen molar-refractivity contribution in [1.29, 1.82) is 0 Å². The van der Waals surface area contributed by atoms with E-state index in [1.165, 1.54) is 0 Å². The monoisotopic (exact) mass is 214 g/mol. The molecule has 0 bridgehead atoms. The first-order chi connectivity index (χ1) is 7.16. The maximum Gasteiger partial charge on any atom is 0.223 e. The van der Waals surface area contributed by atoms with E-state index in [1.54, 1.807) is 7.11 Å². The van der Waals surface area contributed by atoms with Crippen LogP contribution in [0.4, 0.5) is 0 Å². The molecule has 0 aromatic rings. The molecule has 1 rings (SSSR count). The summed E-state index contributed by atoms with van der Waals surface area (Å²) < 4.78 is 4.95. The molecule has 0 saturated carbocycles. The molecule has 4 heteroatoms. The number of ether oxygens (including phenoxy) is 1. The zero-order valence-corrected chi connectivity index (χ0v) is 9.95. The summed E-state index contributed by atoms with van der Waals surface area (Å²) >= 11 is 0. The lowest BCUT2D eigenvalue weighted by Gasteiger charge is -2.39. The van der Waals surface area contributed by atoms with Crippen molar-refractivity contribution in [3.05, 3.63) is 0 Å². The Kier molecular flexibility index (Phi) is 5.05. The third-order valence-corrected chi connectivity index (χ3v) is 2.86. The molecule has 0 aromatic heterocycles. The zero-order chi connectivity index (χ0) is 11.3. The summed E-state index contributed by atoms with van der Waals surface area (Å²) in [5, 5.41) is 3.32. The van der Waals surface area contributed by atoms with Crippen LogP contribution in [0, 0.1) is 0 Å². The molecule has 0 aromatic carbocycles. The number of rotatable bonds is 4. The van der Waals surface area contributed by atoms with Gasteiger partial charge in [-0.1, -0.05) is 0 Å². The van der Waals surface area contributed by atoms with Gasteiger partial charge >= 0.3 is 0 Å². The van der Waals surface area contributed by atoms with Gasteiger partial charge in [0.1, 0.15) is 0 Å². The second kappa shape index (κ2) is 6.08. The predicted octanol–water partition coefficient (Wildman–Crippen LogP) is 0.622. The van der Waals surface area contributed by atoms with Gasteiger partial charge in [0.25, 0.3) is 0 Å². The molecular weight excluding hydrogens is 192 g/mol. The fourth-order valence-electron chi connectivity index (χ4n) is 2.12. The molecule has 1 saturated heterocycles. The molecule has 0 aliphatic carbocycles. The normalized spacial score (nSPS) is 26.7. The van der Waals surface area contributed by atoms with Crippen LogP contribution in [-0.4, -0.2) is 49.7 Å². The quantitative estimate of drug-likeness (QED) is 0.698. The molecule has 1 fully saturated rings. The molecule has 2 unspecified atom stereocenters. The Morgan fingerprint density at radius 1 is 1.40 bits per heavy atom. The molecule has 0 spiro atoms. The van der Waals surface area contributed by atoms with Crippen molar-refractivity contribution >= 4 is 5.91 Å². The van der Waals surface area contributed by atoms with Gasteiger partial charge in [0.2, 0.25) is 5.91 Å². The van der Waals surface area contributed by atoms with Crippen molar-refractivity contribution < 1.29 is 9.53 Å². The first-order valence-corrected chi connectivity index (χ1v) is 5.67. The summed E-state index contributed by atoms with van der Waals surface area (Å²) in [6.45, 7) is 6.66. The Bertz CT molecular complexity index is 199. The maximum atomic E-state index is 11.9. The number of nitrogens with one attached hydrogen (secondary N) is 1. The lowest BCUT2D eigenvalue weighted by molar-refractivity contribution is -0.136. The van der Waals surface area contributed by atoms with Crippen LogP contribution in [0.5, 0.6) is 0 Å². The van der Waals surface area contributed by atoms with E-state index in [1.807, 2.05) is 4.90 Å². The van der Waals surface area contributed by atoms with Gasteiger partial charge in [-0.15, -0.1) is 0 Å². The number of carbonyl (C=O) groups is 1. The van der Waals surface area contributed by atoms with Crippen LogP contribution in [0.3, 0.4) is 0 Å². The molecule has 1 heterocycles. The second-order valence-electron chi connectivity index (χ2n) is 4.25. The van der Waals surface area contributed by atoms with Crippen molar-refractivity contribution in [2.45, 2.75) is 38.8 Å². The van der Waals surface area contributed by atoms with Crippen molar-refractivity contribution in [2.24, 2.45) is 0 Å². The molecule has 15 heavy (non-hydrogen) atoms. The Morgan fingerprint density at radius 2 is 2.00 bits per heavy atom. The Morgan fingerprint density at radius 3 is 2.53 bits per heavy atom. The lowest BCUT2D eigenvalue weighted by atomic mass is 10.1. The van der Waals surface area contributed by atoms with E-state index in [0.717, 1.165) is 19.5 Å². The molecule has 1 aliphatic heterocycles. The summed E-state index contributed by atoms with van der Waals surface area (Å²) in [6, 6.07) is 0.618.